The Hall–Kier alpha value is -3.09. The van der Waals surface area contributed by atoms with E-state index in [9.17, 15) is 4.79 Å². The van der Waals surface area contributed by atoms with Gasteiger partial charge in [0.15, 0.2) is 5.65 Å². The molecule has 1 aliphatic heterocycles. The molecule has 2 bridgehead atoms. The van der Waals surface area contributed by atoms with Crippen LogP contribution in [0.3, 0.4) is 0 Å². The van der Waals surface area contributed by atoms with Gasteiger partial charge in [-0.15, -0.1) is 0 Å². The third-order valence-corrected chi connectivity index (χ3v) is 4.80. The van der Waals surface area contributed by atoms with E-state index >= 15 is 0 Å². The van der Waals surface area contributed by atoms with Gasteiger partial charge < -0.3 is 15.0 Å². The number of nitrogens with one attached hydrogen (secondary N) is 1. The second kappa shape index (κ2) is 6.57. The Morgan fingerprint density at radius 2 is 2.07 bits per heavy atom. The molecule has 27 heavy (non-hydrogen) atoms. The first kappa shape index (κ1) is 17.3. The summed E-state index contributed by atoms with van der Waals surface area (Å²) in [6.45, 7) is 6.57. The number of anilines is 1. The number of aryl methyl sites for hydroxylation is 1. The van der Waals surface area contributed by atoms with Gasteiger partial charge in [0.2, 0.25) is 0 Å². The van der Waals surface area contributed by atoms with Crippen molar-refractivity contribution in [3.63, 3.8) is 0 Å². The van der Waals surface area contributed by atoms with E-state index < -0.39 is 0 Å². The Morgan fingerprint density at radius 1 is 1.26 bits per heavy atom. The molecule has 1 aromatic carbocycles. The highest BCUT2D eigenvalue weighted by Crippen LogP contribution is 2.30. The lowest BCUT2D eigenvalue weighted by Crippen LogP contribution is -2.35. The van der Waals surface area contributed by atoms with E-state index in [0.29, 0.717) is 23.6 Å². The number of benzene rings is 1. The Kier molecular flexibility index (Phi) is 4.22. The zero-order valence-electron chi connectivity index (χ0n) is 15.9. The largest absolute Gasteiger partial charge is 0.489 e. The molecule has 2 atom stereocenters. The fourth-order valence-electron chi connectivity index (χ4n) is 3.44. The average Bonchev–Trinajstić information content (AvgIpc) is 3.04. The minimum absolute atomic E-state index is 0.0115. The molecule has 1 aliphatic rings. The van der Waals surface area contributed by atoms with Gasteiger partial charge in [0.25, 0.3) is 5.91 Å². The van der Waals surface area contributed by atoms with Crippen LogP contribution in [0.2, 0.25) is 0 Å². The second-order valence-corrected chi connectivity index (χ2v) is 7.16. The van der Waals surface area contributed by atoms with Gasteiger partial charge >= 0.3 is 0 Å². The topological polar surface area (TPSA) is 71.8 Å². The lowest BCUT2D eigenvalue weighted by molar-refractivity contribution is 0.0728. The molecule has 2 aromatic heterocycles. The third-order valence-electron chi connectivity index (χ3n) is 4.80. The van der Waals surface area contributed by atoms with Crippen molar-refractivity contribution in [1.29, 1.82) is 0 Å². The van der Waals surface area contributed by atoms with Crippen LogP contribution < -0.4 is 10.1 Å². The van der Waals surface area contributed by atoms with Crippen LogP contribution in [-0.4, -0.2) is 45.1 Å². The Balaban J connectivity index is 1.84. The lowest BCUT2D eigenvalue weighted by Gasteiger charge is -2.24. The number of fused-ring (bicyclic) bond motifs is 2. The van der Waals surface area contributed by atoms with Crippen molar-refractivity contribution in [1.82, 2.24) is 19.5 Å². The number of carbonyl (C=O) groups is 1. The maximum Gasteiger partial charge on any atom is 0.259 e. The van der Waals surface area contributed by atoms with Crippen molar-refractivity contribution in [3.05, 3.63) is 53.3 Å². The van der Waals surface area contributed by atoms with E-state index in [-0.39, 0.29) is 18.1 Å². The first-order valence-corrected chi connectivity index (χ1v) is 9.06. The van der Waals surface area contributed by atoms with Crippen LogP contribution in [0.25, 0.3) is 5.65 Å². The zero-order chi connectivity index (χ0) is 19.1. The summed E-state index contributed by atoms with van der Waals surface area (Å²) in [5.74, 6) is 1.38. The molecule has 3 aromatic rings. The molecule has 0 fully saturated rings. The number of carbonyl (C=O) groups excluding carboxylic acids is 1. The van der Waals surface area contributed by atoms with Crippen LogP contribution in [-0.2, 0) is 0 Å². The summed E-state index contributed by atoms with van der Waals surface area (Å²) in [6.07, 6.45) is 3.22. The third kappa shape index (κ3) is 3.20. The van der Waals surface area contributed by atoms with Gasteiger partial charge in [0.1, 0.15) is 23.2 Å². The summed E-state index contributed by atoms with van der Waals surface area (Å²) in [7, 11) is 1.77. The minimum atomic E-state index is -0.157. The van der Waals surface area contributed by atoms with Crippen LogP contribution in [0.5, 0.6) is 5.75 Å². The zero-order valence-corrected chi connectivity index (χ0v) is 15.9. The van der Waals surface area contributed by atoms with Gasteiger partial charge in [0.05, 0.1) is 18.8 Å². The van der Waals surface area contributed by atoms with Crippen molar-refractivity contribution in [2.24, 2.45) is 0 Å². The van der Waals surface area contributed by atoms with Crippen molar-refractivity contribution in [2.45, 2.75) is 32.9 Å². The average molecular weight is 365 g/mol. The van der Waals surface area contributed by atoms with Crippen molar-refractivity contribution >= 4 is 17.4 Å². The molecule has 1 N–H and O–H groups in total. The molecular formula is C20H23N5O2. The first-order chi connectivity index (χ1) is 12.9. The van der Waals surface area contributed by atoms with Gasteiger partial charge in [-0.1, -0.05) is 17.7 Å². The number of amides is 1. The standard InChI is InChI=1S/C20H23N5O2/c1-12-5-6-17-15(9-12)14(3)22-18-7-8-25-19(23-18)16(10-21-25)20(26)24(4)11-13(2)27-17/h5-10,13-14H,11H2,1-4H3,(H,22,23)/t13-,14+/m0/s1. The van der Waals surface area contributed by atoms with Gasteiger partial charge in [-0.3, -0.25) is 4.79 Å². The van der Waals surface area contributed by atoms with Crippen molar-refractivity contribution in [3.8, 4) is 5.75 Å². The maximum absolute atomic E-state index is 12.9. The summed E-state index contributed by atoms with van der Waals surface area (Å²) in [5.41, 5.74) is 3.25. The number of ether oxygens (including phenoxy) is 1. The highest BCUT2D eigenvalue weighted by molar-refractivity contribution is 5.99. The number of hydrogen-bond donors (Lipinski definition) is 1. The van der Waals surface area contributed by atoms with E-state index in [4.69, 9.17) is 4.74 Å². The number of nitrogens with zero attached hydrogens (tertiary/aromatic N) is 4. The van der Waals surface area contributed by atoms with Crippen LogP contribution in [0.1, 0.15) is 41.4 Å². The molecule has 7 nitrogen and oxygen atoms in total. The molecule has 0 radical (unpaired) electrons. The van der Waals surface area contributed by atoms with Gasteiger partial charge in [-0.05, 0) is 32.9 Å². The maximum atomic E-state index is 12.9. The Labute approximate surface area is 158 Å². The SMILES string of the molecule is Cc1ccc2c(c1)[C@@H](C)Nc1ccn3ncc(c3n1)C(=O)N(C)C[C@H](C)O2. The Morgan fingerprint density at radius 3 is 2.89 bits per heavy atom. The van der Waals surface area contributed by atoms with E-state index in [0.717, 1.165) is 16.9 Å². The highest BCUT2D eigenvalue weighted by Gasteiger charge is 2.23. The number of aromatic nitrogens is 3. The fourth-order valence-corrected chi connectivity index (χ4v) is 3.44. The molecule has 0 saturated carbocycles. The van der Waals surface area contributed by atoms with E-state index in [1.54, 1.807) is 22.7 Å². The fraction of sp³-hybridized carbons (Fsp3) is 0.350. The molecule has 0 aliphatic carbocycles. The summed E-state index contributed by atoms with van der Waals surface area (Å²) < 4.78 is 7.81. The molecule has 0 saturated heterocycles. The normalized spacial score (nSPS) is 20.3. The predicted molar refractivity (Wildman–Crippen MR) is 103 cm³/mol. The van der Waals surface area contributed by atoms with Gasteiger partial charge in [0, 0.05) is 18.8 Å². The van der Waals surface area contributed by atoms with Gasteiger partial charge in [-0.25, -0.2) is 9.50 Å². The van der Waals surface area contributed by atoms with Gasteiger partial charge in [-0.2, -0.15) is 5.10 Å². The van der Waals surface area contributed by atoms with Crippen LogP contribution in [0.15, 0.2) is 36.7 Å². The minimum Gasteiger partial charge on any atom is -0.489 e. The molecular weight excluding hydrogens is 342 g/mol. The molecule has 1 amide bonds. The Bertz CT molecular complexity index is 1010. The number of likely N-dealkylation sites (N-methyl/N-ethyl adjacent to an activating group) is 1. The quantitative estimate of drug-likeness (QED) is 0.663. The van der Waals surface area contributed by atoms with E-state index in [1.807, 2.05) is 31.3 Å². The van der Waals surface area contributed by atoms with Crippen LogP contribution >= 0.6 is 0 Å². The predicted octanol–water partition coefficient (Wildman–Crippen LogP) is 3.06. The van der Waals surface area contributed by atoms with Crippen molar-refractivity contribution < 1.29 is 9.53 Å². The van der Waals surface area contributed by atoms with Crippen LogP contribution in [0, 0.1) is 6.92 Å². The molecule has 0 unspecified atom stereocenters. The summed E-state index contributed by atoms with van der Waals surface area (Å²) in [5, 5.41) is 7.67. The number of rotatable bonds is 0. The van der Waals surface area contributed by atoms with E-state index in [2.05, 4.69) is 35.3 Å². The molecule has 0 spiro atoms. The van der Waals surface area contributed by atoms with Crippen molar-refractivity contribution in [2.75, 3.05) is 18.9 Å². The first-order valence-electron chi connectivity index (χ1n) is 9.06. The summed E-state index contributed by atoms with van der Waals surface area (Å²) in [4.78, 5) is 19.2. The second-order valence-electron chi connectivity index (χ2n) is 7.16. The smallest absolute Gasteiger partial charge is 0.259 e. The summed E-state index contributed by atoms with van der Waals surface area (Å²) in [6, 6.07) is 7.99. The van der Waals surface area contributed by atoms with Crippen LogP contribution in [0.4, 0.5) is 5.82 Å². The molecule has 4 rings (SSSR count). The van der Waals surface area contributed by atoms with E-state index in [1.165, 1.54) is 0 Å². The monoisotopic (exact) mass is 365 g/mol. The number of hydrogen-bond acceptors (Lipinski definition) is 5. The molecule has 3 heterocycles. The molecule has 7 heteroatoms. The highest BCUT2D eigenvalue weighted by atomic mass is 16.5. The molecule has 140 valence electrons. The lowest BCUT2D eigenvalue weighted by atomic mass is 10.0. The summed E-state index contributed by atoms with van der Waals surface area (Å²) >= 11 is 0.